The van der Waals surface area contributed by atoms with E-state index < -0.39 is 6.23 Å². The third-order valence-electron chi connectivity index (χ3n) is 5.50. The molecule has 0 spiro atoms. The number of rotatable bonds is 4. The summed E-state index contributed by atoms with van der Waals surface area (Å²) in [6.45, 7) is 4.90. The quantitative estimate of drug-likeness (QED) is 0.385. The monoisotopic (exact) mass is 486 g/mol. The largest absolute Gasteiger partial charge is 0.447 e. The topological polar surface area (TPSA) is 103 Å². The van der Waals surface area contributed by atoms with Crippen LogP contribution in [0.1, 0.15) is 37.4 Å². The molecule has 35 heavy (non-hydrogen) atoms. The van der Waals surface area contributed by atoms with E-state index >= 15 is 0 Å². The van der Waals surface area contributed by atoms with E-state index in [-0.39, 0.29) is 17.7 Å². The molecule has 9 nitrogen and oxygen atoms in total. The highest BCUT2D eigenvalue weighted by Gasteiger charge is 2.37. The number of benzene rings is 2. The zero-order valence-corrected chi connectivity index (χ0v) is 20.2. The second kappa shape index (κ2) is 9.30. The Kier molecular flexibility index (Phi) is 6.04. The van der Waals surface area contributed by atoms with Crippen LogP contribution in [0.15, 0.2) is 66.0 Å². The number of anilines is 1. The first-order valence-corrected chi connectivity index (χ1v) is 12.1. The van der Waals surface area contributed by atoms with E-state index in [0.717, 1.165) is 11.3 Å². The van der Waals surface area contributed by atoms with Gasteiger partial charge in [0, 0.05) is 31.2 Å². The minimum atomic E-state index is -0.950. The molecule has 0 saturated carbocycles. The first kappa shape index (κ1) is 22.7. The molecule has 1 amide bonds. The summed E-state index contributed by atoms with van der Waals surface area (Å²) in [5, 5.41) is 13.7. The van der Waals surface area contributed by atoms with E-state index in [1.807, 2.05) is 61.5 Å². The van der Waals surface area contributed by atoms with Crippen LogP contribution in [-0.4, -0.2) is 42.5 Å². The molecule has 1 aliphatic heterocycles. The number of hydrogen-bond donors (Lipinski definition) is 0. The molecule has 1 aliphatic rings. The average molecular weight is 487 g/mol. The van der Waals surface area contributed by atoms with Gasteiger partial charge in [-0.1, -0.05) is 67.2 Å². The average Bonchev–Trinajstić information content (AvgIpc) is 3.25. The van der Waals surface area contributed by atoms with Crippen molar-refractivity contribution in [2.75, 3.05) is 10.7 Å². The summed E-state index contributed by atoms with van der Waals surface area (Å²) in [6, 6.07) is 16.9. The number of hydrogen-bond acceptors (Lipinski definition) is 8. The summed E-state index contributed by atoms with van der Waals surface area (Å²) < 4.78 is 7.71. The van der Waals surface area contributed by atoms with Gasteiger partial charge in [-0.3, -0.25) is 14.5 Å². The summed E-state index contributed by atoms with van der Waals surface area (Å²) in [6.07, 6.45) is 0.657. The lowest BCUT2D eigenvalue weighted by Crippen LogP contribution is -2.36. The van der Waals surface area contributed by atoms with E-state index in [0.29, 0.717) is 33.4 Å². The normalized spacial score (nSPS) is 14.5. The van der Waals surface area contributed by atoms with E-state index in [4.69, 9.17) is 4.74 Å². The van der Waals surface area contributed by atoms with Crippen LogP contribution in [0, 0.1) is 0 Å². The summed E-state index contributed by atoms with van der Waals surface area (Å²) in [5.41, 5.74) is 3.58. The van der Waals surface area contributed by atoms with Crippen LogP contribution in [0.2, 0.25) is 0 Å². The number of nitrogens with zero attached hydrogens (tertiary/aromatic N) is 6. The first-order chi connectivity index (χ1) is 17.0. The molecule has 0 saturated heterocycles. The number of ether oxygens (including phenoxy) is 1. The molecule has 0 bridgehead atoms. The summed E-state index contributed by atoms with van der Waals surface area (Å²) in [4.78, 5) is 31.5. The van der Waals surface area contributed by atoms with E-state index in [9.17, 15) is 9.59 Å². The summed E-state index contributed by atoms with van der Waals surface area (Å²) in [7, 11) is 0. The van der Waals surface area contributed by atoms with Crippen molar-refractivity contribution >= 4 is 29.3 Å². The fourth-order valence-corrected chi connectivity index (χ4v) is 4.50. The van der Waals surface area contributed by atoms with Crippen molar-refractivity contribution in [3.8, 4) is 28.4 Å². The van der Waals surface area contributed by atoms with Crippen LogP contribution in [0.3, 0.4) is 0 Å². The lowest BCUT2D eigenvalue weighted by atomic mass is 10.1. The maximum atomic E-state index is 13.1. The first-order valence-electron chi connectivity index (χ1n) is 11.1. The van der Waals surface area contributed by atoms with Crippen molar-refractivity contribution in [3.05, 3.63) is 66.4 Å². The zero-order valence-electron chi connectivity index (χ0n) is 19.4. The van der Waals surface area contributed by atoms with Crippen molar-refractivity contribution in [3.63, 3.8) is 0 Å². The lowest BCUT2D eigenvalue weighted by molar-refractivity contribution is -0.118. The highest BCUT2D eigenvalue weighted by Crippen LogP contribution is 2.44. The highest BCUT2D eigenvalue weighted by molar-refractivity contribution is 7.99. The van der Waals surface area contributed by atoms with Crippen molar-refractivity contribution in [1.29, 1.82) is 0 Å². The maximum absolute atomic E-state index is 13.1. The van der Waals surface area contributed by atoms with E-state index in [1.165, 1.54) is 30.3 Å². The van der Waals surface area contributed by atoms with Gasteiger partial charge in [-0.15, -0.1) is 10.2 Å². The standard InChI is InChI=1S/C25H22N6O3S/c1-4-35-25-26-23-22(27-28-25)18-12-8-9-13-20(18)31(16(3)33)24(34-23)19-14-30(15(2)32)29-21(19)17-10-6-5-7-11-17/h5-14,24H,4H2,1-3H3/t24-/m1/s1. The van der Waals surface area contributed by atoms with E-state index in [2.05, 4.69) is 20.3 Å². The van der Waals surface area contributed by atoms with E-state index in [1.54, 1.807) is 11.1 Å². The Morgan fingerprint density at radius 1 is 0.971 bits per heavy atom. The van der Waals surface area contributed by atoms with Crippen LogP contribution < -0.4 is 9.64 Å². The van der Waals surface area contributed by atoms with Crippen molar-refractivity contribution < 1.29 is 14.3 Å². The number of fused-ring (bicyclic) bond motifs is 3. The Balaban J connectivity index is 1.77. The van der Waals surface area contributed by atoms with Crippen molar-refractivity contribution in [2.45, 2.75) is 32.2 Å². The predicted octanol–water partition coefficient (Wildman–Crippen LogP) is 4.62. The van der Waals surface area contributed by atoms with Gasteiger partial charge in [0.25, 0.3) is 0 Å². The second-order valence-corrected chi connectivity index (χ2v) is 9.05. The molecule has 0 fully saturated rings. The second-order valence-electron chi connectivity index (χ2n) is 7.82. The molecule has 2 aromatic heterocycles. The SMILES string of the molecule is CCSc1nnc2c(n1)O[C@H](c1cn(C(C)=O)nc1-c1ccccc1)N(C(C)=O)c1ccccc1-2. The molecule has 5 rings (SSSR count). The third kappa shape index (κ3) is 4.17. The smallest absolute Gasteiger partial charge is 0.247 e. The maximum Gasteiger partial charge on any atom is 0.247 e. The van der Waals surface area contributed by atoms with Crippen LogP contribution in [-0.2, 0) is 4.79 Å². The van der Waals surface area contributed by atoms with Crippen molar-refractivity contribution in [2.24, 2.45) is 0 Å². The Bertz CT molecular complexity index is 1420. The number of para-hydroxylation sites is 1. The Hall–Kier alpha value is -4.05. The molecular formula is C25H22N6O3S. The zero-order chi connectivity index (χ0) is 24.5. The van der Waals surface area contributed by atoms with Gasteiger partial charge in [0.05, 0.1) is 11.3 Å². The summed E-state index contributed by atoms with van der Waals surface area (Å²) in [5.74, 6) is 0.513. The fraction of sp³-hybridized carbons (Fsp3) is 0.200. The van der Waals surface area contributed by atoms with Gasteiger partial charge in [0.1, 0.15) is 5.69 Å². The Morgan fingerprint density at radius 3 is 2.43 bits per heavy atom. The molecule has 4 aromatic rings. The molecule has 2 aromatic carbocycles. The Labute approximate surface area is 206 Å². The molecule has 0 unspecified atom stereocenters. The third-order valence-corrected chi connectivity index (χ3v) is 6.22. The van der Waals surface area contributed by atoms with Crippen LogP contribution >= 0.6 is 11.8 Å². The molecule has 3 heterocycles. The number of carbonyl (C=O) groups is 2. The molecule has 0 N–H and O–H groups in total. The molecule has 176 valence electrons. The van der Waals surface area contributed by atoms with Gasteiger partial charge in [-0.25, -0.2) is 4.68 Å². The molecule has 0 aliphatic carbocycles. The van der Waals surface area contributed by atoms with Gasteiger partial charge >= 0.3 is 0 Å². The summed E-state index contributed by atoms with van der Waals surface area (Å²) >= 11 is 1.44. The number of amides is 1. The van der Waals surface area contributed by atoms with Gasteiger partial charge < -0.3 is 4.74 Å². The van der Waals surface area contributed by atoms with Crippen LogP contribution in [0.5, 0.6) is 5.88 Å². The van der Waals surface area contributed by atoms with Crippen molar-refractivity contribution in [1.82, 2.24) is 25.0 Å². The Morgan fingerprint density at radius 2 is 1.71 bits per heavy atom. The highest BCUT2D eigenvalue weighted by atomic mass is 32.2. The minimum absolute atomic E-state index is 0.249. The molecule has 10 heteroatoms. The van der Waals surface area contributed by atoms with Crippen LogP contribution in [0.25, 0.3) is 22.5 Å². The fourth-order valence-electron chi connectivity index (χ4n) is 3.99. The number of thioether (sulfide) groups is 1. The van der Waals surface area contributed by atoms with Crippen LogP contribution in [0.4, 0.5) is 5.69 Å². The molecule has 1 atom stereocenters. The predicted molar refractivity (Wildman–Crippen MR) is 132 cm³/mol. The van der Waals surface area contributed by atoms with Gasteiger partial charge in [-0.05, 0) is 11.8 Å². The van der Waals surface area contributed by atoms with Gasteiger partial charge in [0.15, 0.2) is 5.69 Å². The van der Waals surface area contributed by atoms with Gasteiger partial charge in [-0.2, -0.15) is 10.1 Å². The number of aromatic nitrogens is 5. The minimum Gasteiger partial charge on any atom is -0.447 e. The number of carbonyl (C=O) groups excluding carboxylic acids is 2. The lowest BCUT2D eigenvalue weighted by Gasteiger charge is -2.29. The molecule has 0 radical (unpaired) electrons. The molecular weight excluding hydrogens is 464 g/mol. The van der Waals surface area contributed by atoms with Gasteiger partial charge in [0.2, 0.25) is 29.1 Å².